The van der Waals surface area contributed by atoms with Crippen LogP contribution in [0.15, 0.2) is 42.5 Å². The number of piperazine rings is 1. The van der Waals surface area contributed by atoms with Gasteiger partial charge in [0.05, 0.1) is 5.02 Å². The van der Waals surface area contributed by atoms with Crippen LogP contribution in [0.2, 0.25) is 10.0 Å². The van der Waals surface area contributed by atoms with Crippen LogP contribution in [0.25, 0.3) is 0 Å². The van der Waals surface area contributed by atoms with E-state index in [4.69, 9.17) is 35.4 Å². The minimum Gasteiger partial charge on any atom is -0.346 e. The molecule has 0 aromatic heterocycles. The van der Waals surface area contributed by atoms with Gasteiger partial charge in [0.15, 0.2) is 5.11 Å². The monoisotopic (exact) mass is 397 g/mol. The van der Waals surface area contributed by atoms with E-state index in [9.17, 15) is 4.39 Å². The number of benzene rings is 2. The zero-order valence-corrected chi connectivity index (χ0v) is 15.8. The largest absolute Gasteiger partial charge is 0.346 e. The summed E-state index contributed by atoms with van der Waals surface area (Å²) >= 11 is 17.5. The van der Waals surface area contributed by atoms with Gasteiger partial charge in [-0.15, -0.1) is 0 Å². The summed E-state index contributed by atoms with van der Waals surface area (Å²) in [5.74, 6) is -0.439. The van der Waals surface area contributed by atoms with Crippen LogP contribution in [0.3, 0.4) is 0 Å². The number of halogens is 3. The molecule has 1 aliphatic heterocycles. The Morgan fingerprint density at radius 1 is 1.04 bits per heavy atom. The fraction of sp³-hybridized carbons (Fsp3) is 0.278. The van der Waals surface area contributed by atoms with Crippen LogP contribution in [0.1, 0.15) is 5.56 Å². The molecule has 2 aromatic carbocycles. The lowest BCUT2D eigenvalue weighted by Crippen LogP contribution is -2.49. The summed E-state index contributed by atoms with van der Waals surface area (Å²) in [4.78, 5) is 4.46. The van der Waals surface area contributed by atoms with Crippen molar-refractivity contribution >= 4 is 46.2 Å². The molecular weight excluding hydrogens is 380 g/mol. The number of nitrogens with one attached hydrogen (secondary N) is 1. The number of hydrogen-bond donors (Lipinski definition) is 1. The molecular formula is C18H18Cl2FN3S. The zero-order valence-electron chi connectivity index (χ0n) is 13.5. The third-order valence-electron chi connectivity index (χ3n) is 4.18. The molecule has 1 saturated heterocycles. The van der Waals surface area contributed by atoms with Gasteiger partial charge in [-0.3, -0.25) is 4.90 Å². The average molecular weight is 398 g/mol. The Morgan fingerprint density at radius 2 is 1.76 bits per heavy atom. The first-order chi connectivity index (χ1) is 12.0. The highest BCUT2D eigenvalue weighted by Gasteiger charge is 2.19. The lowest BCUT2D eigenvalue weighted by molar-refractivity contribution is 0.177. The highest BCUT2D eigenvalue weighted by atomic mass is 35.5. The second kappa shape index (κ2) is 8.32. The van der Waals surface area contributed by atoms with Crippen molar-refractivity contribution < 1.29 is 4.39 Å². The van der Waals surface area contributed by atoms with Crippen LogP contribution in [0, 0.1) is 5.82 Å². The maximum absolute atomic E-state index is 13.2. The first kappa shape index (κ1) is 18.4. The van der Waals surface area contributed by atoms with E-state index in [1.807, 2.05) is 18.2 Å². The molecule has 132 valence electrons. The minimum absolute atomic E-state index is 0.0809. The van der Waals surface area contributed by atoms with Gasteiger partial charge < -0.3 is 10.2 Å². The van der Waals surface area contributed by atoms with Crippen LogP contribution < -0.4 is 5.32 Å². The van der Waals surface area contributed by atoms with Gasteiger partial charge in [0, 0.05) is 43.4 Å². The van der Waals surface area contributed by atoms with E-state index >= 15 is 0 Å². The summed E-state index contributed by atoms with van der Waals surface area (Å²) in [6.07, 6.45) is 0. The summed E-state index contributed by atoms with van der Waals surface area (Å²) in [6, 6.07) is 12.4. The molecule has 0 atom stereocenters. The zero-order chi connectivity index (χ0) is 17.8. The Morgan fingerprint density at radius 3 is 2.44 bits per heavy atom. The molecule has 0 aliphatic carbocycles. The first-order valence-electron chi connectivity index (χ1n) is 7.99. The highest BCUT2D eigenvalue weighted by Crippen LogP contribution is 2.21. The Labute approximate surface area is 162 Å². The fourth-order valence-electron chi connectivity index (χ4n) is 2.75. The van der Waals surface area contributed by atoms with Crippen molar-refractivity contribution in [3.8, 4) is 0 Å². The van der Waals surface area contributed by atoms with Crippen molar-refractivity contribution in [1.29, 1.82) is 0 Å². The van der Waals surface area contributed by atoms with Crippen LogP contribution in [0.4, 0.5) is 10.1 Å². The molecule has 1 N–H and O–H groups in total. The summed E-state index contributed by atoms with van der Waals surface area (Å²) < 4.78 is 13.2. The Kier molecular flexibility index (Phi) is 6.12. The van der Waals surface area contributed by atoms with E-state index in [1.54, 1.807) is 6.07 Å². The molecule has 0 amide bonds. The number of thiocarbonyl (C=S) groups is 1. The number of rotatable bonds is 3. The Bertz CT molecular complexity index is 764. The molecule has 0 spiro atoms. The van der Waals surface area contributed by atoms with E-state index in [1.165, 1.54) is 12.1 Å². The van der Waals surface area contributed by atoms with E-state index in [-0.39, 0.29) is 5.02 Å². The van der Waals surface area contributed by atoms with Crippen molar-refractivity contribution in [1.82, 2.24) is 9.80 Å². The molecule has 3 nitrogen and oxygen atoms in total. The standard InChI is InChI=1S/C18H18Cl2FN3S/c19-15-4-2-1-3-13(15)12-23-7-9-24(10-8-23)18(25)22-14-5-6-17(21)16(20)11-14/h1-6,11H,7-10,12H2,(H,22,25). The first-order valence-corrected chi connectivity index (χ1v) is 9.16. The molecule has 3 rings (SSSR count). The van der Waals surface area contributed by atoms with Crippen molar-refractivity contribution in [2.45, 2.75) is 6.54 Å². The van der Waals surface area contributed by atoms with E-state index in [2.05, 4.69) is 21.2 Å². The molecule has 1 heterocycles. The maximum atomic E-state index is 13.2. The van der Waals surface area contributed by atoms with Gasteiger partial charge in [0.2, 0.25) is 0 Å². The van der Waals surface area contributed by atoms with Crippen LogP contribution in [-0.4, -0.2) is 41.1 Å². The smallest absolute Gasteiger partial charge is 0.173 e. The van der Waals surface area contributed by atoms with Crippen LogP contribution in [-0.2, 0) is 6.54 Å². The second-order valence-corrected chi connectivity index (χ2v) is 7.11. The predicted molar refractivity (Wildman–Crippen MR) is 106 cm³/mol. The lowest BCUT2D eigenvalue weighted by atomic mass is 10.2. The predicted octanol–water partition coefficient (Wildman–Crippen LogP) is 4.65. The van der Waals surface area contributed by atoms with Gasteiger partial charge in [-0.05, 0) is 42.0 Å². The third-order valence-corrected chi connectivity index (χ3v) is 5.20. The molecule has 25 heavy (non-hydrogen) atoms. The van der Waals surface area contributed by atoms with Gasteiger partial charge >= 0.3 is 0 Å². The molecule has 7 heteroatoms. The summed E-state index contributed by atoms with van der Waals surface area (Å²) in [5, 5.41) is 4.63. The molecule has 0 radical (unpaired) electrons. The maximum Gasteiger partial charge on any atom is 0.173 e. The Balaban J connectivity index is 1.52. The second-order valence-electron chi connectivity index (χ2n) is 5.91. The lowest BCUT2D eigenvalue weighted by Gasteiger charge is -2.36. The molecule has 0 unspecified atom stereocenters. The van der Waals surface area contributed by atoms with Crippen LogP contribution >= 0.6 is 35.4 Å². The Hall–Kier alpha value is -1.40. The number of nitrogens with zero attached hydrogens (tertiary/aromatic N) is 2. The van der Waals surface area contributed by atoms with Crippen LogP contribution in [0.5, 0.6) is 0 Å². The molecule has 1 fully saturated rings. The highest BCUT2D eigenvalue weighted by molar-refractivity contribution is 7.80. The number of hydrogen-bond acceptors (Lipinski definition) is 2. The number of anilines is 1. The third kappa shape index (κ3) is 4.82. The molecule has 0 bridgehead atoms. The average Bonchev–Trinajstić information content (AvgIpc) is 2.61. The fourth-order valence-corrected chi connectivity index (χ4v) is 3.43. The molecule has 1 aliphatic rings. The van der Waals surface area contributed by atoms with Gasteiger partial charge in [-0.2, -0.15) is 0 Å². The van der Waals surface area contributed by atoms with Crippen molar-refractivity contribution in [3.05, 3.63) is 63.9 Å². The van der Waals surface area contributed by atoms with E-state index in [0.717, 1.165) is 43.3 Å². The van der Waals surface area contributed by atoms with Gasteiger partial charge in [-0.1, -0.05) is 41.4 Å². The molecule has 0 saturated carbocycles. The van der Waals surface area contributed by atoms with Crippen molar-refractivity contribution in [2.75, 3.05) is 31.5 Å². The summed E-state index contributed by atoms with van der Waals surface area (Å²) in [6.45, 7) is 4.28. The van der Waals surface area contributed by atoms with E-state index in [0.29, 0.717) is 10.8 Å². The van der Waals surface area contributed by atoms with Crippen molar-refractivity contribution in [3.63, 3.8) is 0 Å². The normalized spacial score (nSPS) is 15.2. The minimum atomic E-state index is -0.439. The van der Waals surface area contributed by atoms with Gasteiger partial charge in [-0.25, -0.2) is 4.39 Å². The summed E-state index contributed by atoms with van der Waals surface area (Å²) in [5.41, 5.74) is 1.83. The quantitative estimate of drug-likeness (QED) is 0.759. The van der Waals surface area contributed by atoms with E-state index < -0.39 is 5.82 Å². The van der Waals surface area contributed by atoms with Gasteiger partial charge in [0.25, 0.3) is 0 Å². The summed E-state index contributed by atoms with van der Waals surface area (Å²) in [7, 11) is 0. The SMILES string of the molecule is Fc1ccc(NC(=S)N2CCN(Cc3ccccc3Cl)CC2)cc1Cl. The van der Waals surface area contributed by atoms with Gasteiger partial charge in [0.1, 0.15) is 5.82 Å². The molecule has 2 aromatic rings. The topological polar surface area (TPSA) is 18.5 Å². The van der Waals surface area contributed by atoms with Crippen molar-refractivity contribution in [2.24, 2.45) is 0 Å².